The van der Waals surface area contributed by atoms with E-state index in [0.717, 1.165) is 24.1 Å². The van der Waals surface area contributed by atoms with Crippen LogP contribution in [0, 0.1) is 5.41 Å². The van der Waals surface area contributed by atoms with Gasteiger partial charge in [-0.2, -0.15) is 13.2 Å². The Morgan fingerprint density at radius 3 is 1.86 bits per heavy atom. The standard InChI is InChI=1S/C21H18F3NO2S.C6H12O/c1-2-15-6-10-19(11-7-15)25-28(26,27)20-12-8-16(9-13-20)17-4-3-5-18(14-17)21(22,23)24;1-5(7)6(2,3)4/h3-14,25H,2H2,1H3;1-4H3. The largest absolute Gasteiger partial charge is 0.416 e. The number of carbonyl (C=O) groups excluding carboxylic acids is 1. The highest BCUT2D eigenvalue weighted by molar-refractivity contribution is 7.92. The maximum Gasteiger partial charge on any atom is 0.416 e. The van der Waals surface area contributed by atoms with Crippen molar-refractivity contribution in [3.05, 3.63) is 83.9 Å². The van der Waals surface area contributed by atoms with Gasteiger partial charge >= 0.3 is 6.18 Å². The number of benzene rings is 3. The summed E-state index contributed by atoms with van der Waals surface area (Å²) in [5.41, 5.74) is 1.51. The molecule has 3 aromatic rings. The molecule has 0 atom stereocenters. The number of hydrogen-bond acceptors (Lipinski definition) is 3. The van der Waals surface area contributed by atoms with Crippen LogP contribution in [0.4, 0.5) is 18.9 Å². The molecule has 8 heteroatoms. The lowest BCUT2D eigenvalue weighted by Crippen LogP contribution is -2.15. The molecule has 0 aliphatic heterocycles. The molecule has 0 saturated heterocycles. The van der Waals surface area contributed by atoms with E-state index in [1.807, 2.05) is 39.8 Å². The number of Topliss-reactive ketones (excluding diaryl/α,β-unsaturated/α-hetero) is 1. The van der Waals surface area contributed by atoms with E-state index in [0.29, 0.717) is 16.8 Å². The average molecular weight is 506 g/mol. The number of anilines is 1. The minimum atomic E-state index is -4.43. The summed E-state index contributed by atoms with van der Waals surface area (Å²) in [6.07, 6.45) is -3.58. The molecule has 0 aromatic heterocycles. The number of carbonyl (C=O) groups is 1. The fourth-order valence-electron chi connectivity index (χ4n) is 2.72. The van der Waals surface area contributed by atoms with E-state index in [2.05, 4.69) is 4.72 Å². The first kappa shape index (κ1) is 28.1. The third-order valence-corrected chi connectivity index (χ3v) is 6.76. The summed E-state index contributed by atoms with van der Waals surface area (Å²) >= 11 is 0. The summed E-state index contributed by atoms with van der Waals surface area (Å²) in [6, 6.07) is 17.7. The molecule has 188 valence electrons. The van der Waals surface area contributed by atoms with Crippen molar-refractivity contribution in [3.63, 3.8) is 0 Å². The number of nitrogens with one attached hydrogen (secondary N) is 1. The molecule has 0 fully saturated rings. The van der Waals surface area contributed by atoms with Gasteiger partial charge in [-0.25, -0.2) is 8.42 Å². The smallest absolute Gasteiger partial charge is 0.299 e. The Morgan fingerprint density at radius 1 is 0.857 bits per heavy atom. The van der Waals surface area contributed by atoms with Gasteiger partial charge in [0.15, 0.2) is 0 Å². The van der Waals surface area contributed by atoms with Gasteiger partial charge in [-0.15, -0.1) is 0 Å². The van der Waals surface area contributed by atoms with E-state index in [1.54, 1.807) is 25.1 Å². The second-order valence-corrected chi connectivity index (χ2v) is 10.7. The Morgan fingerprint density at radius 2 is 1.40 bits per heavy atom. The van der Waals surface area contributed by atoms with Gasteiger partial charge in [0.25, 0.3) is 10.0 Å². The van der Waals surface area contributed by atoms with Crippen molar-refractivity contribution < 1.29 is 26.4 Å². The Hall–Kier alpha value is -3.13. The summed E-state index contributed by atoms with van der Waals surface area (Å²) in [6.45, 7) is 9.35. The normalized spacial score (nSPS) is 11.9. The summed E-state index contributed by atoms with van der Waals surface area (Å²) in [7, 11) is -3.79. The van der Waals surface area contributed by atoms with E-state index in [4.69, 9.17) is 0 Å². The molecule has 3 rings (SSSR count). The van der Waals surface area contributed by atoms with Crippen LogP contribution in [0.25, 0.3) is 11.1 Å². The molecule has 0 spiro atoms. The van der Waals surface area contributed by atoms with Crippen LogP contribution in [-0.2, 0) is 27.4 Å². The Balaban J connectivity index is 0.000000540. The van der Waals surface area contributed by atoms with Crippen molar-refractivity contribution in [2.24, 2.45) is 5.41 Å². The highest BCUT2D eigenvalue weighted by Gasteiger charge is 2.30. The Bertz CT molecular complexity index is 1240. The van der Waals surface area contributed by atoms with E-state index in [-0.39, 0.29) is 16.1 Å². The average Bonchev–Trinajstić information content (AvgIpc) is 2.79. The molecule has 3 aromatic carbocycles. The fourth-order valence-corrected chi connectivity index (χ4v) is 3.78. The van der Waals surface area contributed by atoms with Crippen molar-refractivity contribution >= 4 is 21.5 Å². The monoisotopic (exact) mass is 505 g/mol. The van der Waals surface area contributed by atoms with E-state index in [9.17, 15) is 26.4 Å². The van der Waals surface area contributed by atoms with Crippen LogP contribution < -0.4 is 4.72 Å². The third-order valence-electron chi connectivity index (χ3n) is 5.36. The van der Waals surface area contributed by atoms with Gasteiger partial charge in [0.05, 0.1) is 10.5 Å². The van der Waals surface area contributed by atoms with Crippen molar-refractivity contribution in [2.75, 3.05) is 4.72 Å². The predicted octanol–water partition coefficient (Wildman–Crippen LogP) is 7.36. The van der Waals surface area contributed by atoms with E-state index >= 15 is 0 Å². The minimum Gasteiger partial charge on any atom is -0.299 e. The first-order chi connectivity index (χ1) is 16.1. The van der Waals surface area contributed by atoms with Crippen molar-refractivity contribution in [1.82, 2.24) is 0 Å². The van der Waals surface area contributed by atoms with Gasteiger partial charge in [0, 0.05) is 11.1 Å². The van der Waals surface area contributed by atoms with Gasteiger partial charge in [-0.1, -0.05) is 64.1 Å². The summed E-state index contributed by atoms with van der Waals surface area (Å²) in [4.78, 5) is 10.5. The van der Waals surface area contributed by atoms with Crippen LogP contribution in [0.1, 0.15) is 45.7 Å². The molecule has 0 amide bonds. The second-order valence-electron chi connectivity index (χ2n) is 9.07. The Kier molecular flexibility index (Phi) is 8.89. The fraction of sp³-hybridized carbons (Fsp3) is 0.296. The number of halogens is 3. The first-order valence-electron chi connectivity index (χ1n) is 11.0. The van der Waals surface area contributed by atoms with Gasteiger partial charge in [0.2, 0.25) is 0 Å². The number of alkyl halides is 3. The second kappa shape index (κ2) is 11.1. The van der Waals surface area contributed by atoms with Crippen molar-refractivity contribution in [1.29, 1.82) is 0 Å². The van der Waals surface area contributed by atoms with Crippen LogP contribution in [0.5, 0.6) is 0 Å². The summed E-state index contributed by atoms with van der Waals surface area (Å²) < 4.78 is 66.2. The predicted molar refractivity (Wildman–Crippen MR) is 134 cm³/mol. The molecule has 4 nitrogen and oxygen atoms in total. The Labute approximate surface area is 205 Å². The lowest BCUT2D eigenvalue weighted by Gasteiger charge is -2.11. The zero-order valence-electron chi connectivity index (χ0n) is 20.4. The molecule has 0 radical (unpaired) electrons. The quantitative estimate of drug-likeness (QED) is 0.394. The van der Waals surface area contributed by atoms with Gasteiger partial charge in [-0.05, 0) is 66.4 Å². The topological polar surface area (TPSA) is 63.2 Å². The molecule has 1 N–H and O–H groups in total. The number of hydrogen-bond donors (Lipinski definition) is 1. The van der Waals surface area contributed by atoms with Crippen LogP contribution >= 0.6 is 0 Å². The van der Waals surface area contributed by atoms with Gasteiger partial charge in [0.1, 0.15) is 5.78 Å². The molecule has 35 heavy (non-hydrogen) atoms. The van der Waals surface area contributed by atoms with Gasteiger partial charge in [-0.3, -0.25) is 9.52 Å². The van der Waals surface area contributed by atoms with E-state index < -0.39 is 21.8 Å². The molecule has 0 bridgehead atoms. The molecule has 0 aliphatic rings. The lowest BCUT2D eigenvalue weighted by atomic mass is 9.92. The summed E-state index contributed by atoms with van der Waals surface area (Å²) in [5.74, 6) is 0.243. The SMILES string of the molecule is CC(=O)C(C)(C)C.CCc1ccc(NS(=O)(=O)c2ccc(-c3cccc(C(F)(F)F)c3)cc2)cc1. The zero-order chi connectivity index (χ0) is 26.4. The maximum absolute atomic E-state index is 12.9. The zero-order valence-corrected chi connectivity index (χ0v) is 21.2. The first-order valence-corrected chi connectivity index (χ1v) is 12.5. The minimum absolute atomic E-state index is 0.0304. The van der Waals surface area contributed by atoms with E-state index in [1.165, 1.54) is 30.3 Å². The third kappa shape index (κ3) is 8.24. The number of aryl methyl sites for hydroxylation is 1. The maximum atomic E-state index is 12.9. The molecule has 0 unspecified atom stereocenters. The molecule has 0 heterocycles. The lowest BCUT2D eigenvalue weighted by molar-refractivity contribution is -0.137. The van der Waals surface area contributed by atoms with Crippen LogP contribution in [0.3, 0.4) is 0 Å². The molecule has 0 aliphatic carbocycles. The van der Waals surface area contributed by atoms with Crippen LogP contribution in [0.15, 0.2) is 77.7 Å². The number of ketones is 1. The van der Waals surface area contributed by atoms with Gasteiger partial charge < -0.3 is 0 Å². The highest BCUT2D eigenvalue weighted by Crippen LogP contribution is 2.32. The van der Waals surface area contributed by atoms with Crippen molar-refractivity contribution in [3.8, 4) is 11.1 Å². The van der Waals surface area contributed by atoms with Crippen LogP contribution in [0.2, 0.25) is 0 Å². The highest BCUT2D eigenvalue weighted by atomic mass is 32.2. The number of rotatable bonds is 5. The summed E-state index contributed by atoms with van der Waals surface area (Å²) in [5, 5.41) is 0. The molecular weight excluding hydrogens is 475 g/mol. The molecule has 0 saturated carbocycles. The number of sulfonamides is 1. The van der Waals surface area contributed by atoms with Crippen molar-refractivity contribution in [2.45, 2.75) is 52.1 Å². The molecular formula is C27H30F3NO3S. The van der Waals surface area contributed by atoms with Crippen LogP contribution in [-0.4, -0.2) is 14.2 Å².